The van der Waals surface area contributed by atoms with Gasteiger partial charge in [0.1, 0.15) is 0 Å². The fourth-order valence-electron chi connectivity index (χ4n) is 1.14. The predicted octanol–water partition coefficient (Wildman–Crippen LogP) is 2.00. The Labute approximate surface area is 95.7 Å². The van der Waals surface area contributed by atoms with Crippen molar-refractivity contribution in [3.8, 4) is 0 Å². The minimum atomic E-state index is 0.0861. The number of hydrogen-bond acceptors (Lipinski definition) is 4. The summed E-state index contributed by atoms with van der Waals surface area (Å²) in [5, 5.41) is 0. The third-order valence-electron chi connectivity index (χ3n) is 2.36. The molecule has 1 rings (SSSR count). The maximum absolute atomic E-state index is 5.62. The summed E-state index contributed by atoms with van der Waals surface area (Å²) < 4.78 is 5.62. The minimum Gasteiger partial charge on any atom is -0.380 e. The van der Waals surface area contributed by atoms with Crippen LogP contribution in [0.15, 0.2) is 5.51 Å². The lowest BCUT2D eigenvalue weighted by Crippen LogP contribution is -2.29. The maximum atomic E-state index is 5.62. The van der Waals surface area contributed by atoms with Crippen molar-refractivity contribution in [3.63, 3.8) is 0 Å². The molecular weight excluding hydrogens is 208 g/mol. The highest BCUT2D eigenvalue weighted by Gasteiger charge is 2.15. The van der Waals surface area contributed by atoms with E-state index in [0.717, 1.165) is 25.3 Å². The van der Waals surface area contributed by atoms with Gasteiger partial charge < -0.3 is 10.5 Å². The lowest BCUT2D eigenvalue weighted by Gasteiger charge is -2.21. The Morgan fingerprint density at radius 2 is 2.27 bits per heavy atom. The average Bonchev–Trinajstić information content (AvgIpc) is 2.59. The molecule has 0 aliphatic heterocycles. The Bertz CT molecular complexity index is 297. The molecule has 0 bridgehead atoms. The zero-order chi connectivity index (χ0) is 11.3. The van der Waals surface area contributed by atoms with Gasteiger partial charge in [0.2, 0.25) is 0 Å². The standard InChI is InChI=1S/C11H20N2OS/c1-9-10(15-8-13-9)4-5-14-7-11(2,3)6-12/h8H,4-7,12H2,1-3H3. The second-order valence-electron chi connectivity index (χ2n) is 4.53. The molecule has 0 radical (unpaired) electrons. The summed E-state index contributed by atoms with van der Waals surface area (Å²) >= 11 is 1.70. The molecule has 0 aliphatic carbocycles. The van der Waals surface area contributed by atoms with Gasteiger partial charge in [-0.25, -0.2) is 4.98 Å². The Morgan fingerprint density at radius 1 is 1.53 bits per heavy atom. The zero-order valence-corrected chi connectivity index (χ0v) is 10.6. The smallest absolute Gasteiger partial charge is 0.0797 e. The second kappa shape index (κ2) is 5.58. The zero-order valence-electron chi connectivity index (χ0n) is 9.75. The fraction of sp³-hybridized carbons (Fsp3) is 0.727. The maximum Gasteiger partial charge on any atom is 0.0797 e. The number of ether oxygens (including phenoxy) is 1. The monoisotopic (exact) mass is 228 g/mol. The molecule has 0 spiro atoms. The van der Waals surface area contributed by atoms with Gasteiger partial charge in [-0.05, 0) is 13.5 Å². The van der Waals surface area contributed by atoms with E-state index in [4.69, 9.17) is 10.5 Å². The summed E-state index contributed by atoms with van der Waals surface area (Å²) in [6.45, 7) is 8.41. The first-order valence-corrected chi connectivity index (χ1v) is 6.10. The number of hydrogen-bond donors (Lipinski definition) is 1. The molecule has 3 nitrogen and oxygen atoms in total. The van der Waals surface area contributed by atoms with Crippen LogP contribution in [-0.4, -0.2) is 24.7 Å². The van der Waals surface area contributed by atoms with Crippen molar-refractivity contribution in [3.05, 3.63) is 16.1 Å². The summed E-state index contributed by atoms with van der Waals surface area (Å²) in [5.41, 5.74) is 8.72. The number of rotatable bonds is 6. The molecule has 0 aromatic carbocycles. The van der Waals surface area contributed by atoms with Gasteiger partial charge in [0.05, 0.1) is 24.4 Å². The van der Waals surface area contributed by atoms with E-state index in [-0.39, 0.29) is 5.41 Å². The first kappa shape index (κ1) is 12.6. The summed E-state index contributed by atoms with van der Waals surface area (Å²) in [6.07, 6.45) is 0.956. The van der Waals surface area contributed by atoms with Crippen molar-refractivity contribution in [2.45, 2.75) is 27.2 Å². The van der Waals surface area contributed by atoms with Crippen LogP contribution >= 0.6 is 11.3 Å². The van der Waals surface area contributed by atoms with Crippen LogP contribution in [0.1, 0.15) is 24.4 Å². The number of aryl methyl sites for hydroxylation is 1. The predicted molar refractivity (Wildman–Crippen MR) is 64.2 cm³/mol. The van der Waals surface area contributed by atoms with Gasteiger partial charge in [0.15, 0.2) is 0 Å². The summed E-state index contributed by atoms with van der Waals surface area (Å²) in [4.78, 5) is 5.52. The second-order valence-corrected chi connectivity index (χ2v) is 5.47. The third-order valence-corrected chi connectivity index (χ3v) is 3.36. The number of aromatic nitrogens is 1. The summed E-state index contributed by atoms with van der Waals surface area (Å²) in [6, 6.07) is 0. The van der Waals surface area contributed by atoms with Crippen LogP contribution in [0.25, 0.3) is 0 Å². The lowest BCUT2D eigenvalue weighted by molar-refractivity contribution is 0.0687. The van der Waals surface area contributed by atoms with Gasteiger partial charge in [-0.15, -0.1) is 11.3 Å². The summed E-state index contributed by atoms with van der Waals surface area (Å²) in [5.74, 6) is 0. The number of nitrogens with two attached hydrogens (primary N) is 1. The molecule has 0 unspecified atom stereocenters. The van der Waals surface area contributed by atoms with Crippen LogP contribution in [0.5, 0.6) is 0 Å². The molecule has 0 saturated carbocycles. The van der Waals surface area contributed by atoms with E-state index >= 15 is 0 Å². The number of thiazole rings is 1. The van der Waals surface area contributed by atoms with Crippen molar-refractivity contribution in [2.75, 3.05) is 19.8 Å². The van der Waals surface area contributed by atoms with Crippen molar-refractivity contribution < 1.29 is 4.74 Å². The van der Waals surface area contributed by atoms with Gasteiger partial charge in [0.25, 0.3) is 0 Å². The van der Waals surface area contributed by atoms with Crippen molar-refractivity contribution in [1.29, 1.82) is 0 Å². The number of nitrogens with zero attached hydrogens (tertiary/aromatic N) is 1. The lowest BCUT2D eigenvalue weighted by atomic mass is 9.95. The Kier molecular flexibility index (Phi) is 4.70. The topological polar surface area (TPSA) is 48.1 Å². The normalized spacial score (nSPS) is 12.0. The summed E-state index contributed by atoms with van der Waals surface area (Å²) in [7, 11) is 0. The van der Waals surface area contributed by atoms with E-state index < -0.39 is 0 Å². The highest BCUT2D eigenvalue weighted by molar-refractivity contribution is 7.09. The molecule has 1 aromatic rings. The largest absolute Gasteiger partial charge is 0.380 e. The highest BCUT2D eigenvalue weighted by Crippen LogP contribution is 2.15. The van der Waals surface area contributed by atoms with E-state index in [1.54, 1.807) is 11.3 Å². The molecule has 1 aromatic heterocycles. The Hall–Kier alpha value is -0.450. The van der Waals surface area contributed by atoms with Crippen LogP contribution in [0.4, 0.5) is 0 Å². The molecule has 86 valence electrons. The van der Waals surface area contributed by atoms with Crippen molar-refractivity contribution in [2.24, 2.45) is 11.1 Å². The molecule has 2 N–H and O–H groups in total. The Morgan fingerprint density at radius 3 is 2.80 bits per heavy atom. The minimum absolute atomic E-state index is 0.0861. The van der Waals surface area contributed by atoms with Crippen LogP contribution in [-0.2, 0) is 11.2 Å². The Balaban J connectivity index is 2.20. The van der Waals surface area contributed by atoms with Gasteiger partial charge in [0, 0.05) is 16.7 Å². The molecule has 1 heterocycles. The fourth-order valence-corrected chi connectivity index (χ4v) is 1.90. The van der Waals surface area contributed by atoms with Crippen LogP contribution in [0, 0.1) is 12.3 Å². The molecule has 0 amide bonds. The highest BCUT2D eigenvalue weighted by atomic mass is 32.1. The molecule has 15 heavy (non-hydrogen) atoms. The molecule has 0 aliphatic rings. The molecule has 0 atom stereocenters. The van der Waals surface area contributed by atoms with E-state index in [9.17, 15) is 0 Å². The SMILES string of the molecule is Cc1ncsc1CCOCC(C)(C)CN. The van der Waals surface area contributed by atoms with Crippen LogP contribution in [0.2, 0.25) is 0 Å². The first-order valence-electron chi connectivity index (χ1n) is 5.22. The van der Waals surface area contributed by atoms with E-state index in [1.807, 2.05) is 12.4 Å². The van der Waals surface area contributed by atoms with Crippen LogP contribution < -0.4 is 5.73 Å². The first-order chi connectivity index (χ1) is 7.05. The molecule has 0 fully saturated rings. The van der Waals surface area contributed by atoms with Crippen molar-refractivity contribution >= 4 is 11.3 Å². The van der Waals surface area contributed by atoms with E-state index in [1.165, 1.54) is 4.88 Å². The van der Waals surface area contributed by atoms with E-state index in [2.05, 4.69) is 18.8 Å². The van der Waals surface area contributed by atoms with E-state index in [0.29, 0.717) is 6.54 Å². The average molecular weight is 228 g/mol. The van der Waals surface area contributed by atoms with Crippen LogP contribution in [0.3, 0.4) is 0 Å². The van der Waals surface area contributed by atoms with Gasteiger partial charge in [-0.2, -0.15) is 0 Å². The van der Waals surface area contributed by atoms with Gasteiger partial charge in [-0.3, -0.25) is 0 Å². The quantitative estimate of drug-likeness (QED) is 0.758. The van der Waals surface area contributed by atoms with Gasteiger partial charge >= 0.3 is 0 Å². The van der Waals surface area contributed by atoms with Crippen molar-refractivity contribution in [1.82, 2.24) is 4.98 Å². The third kappa shape index (κ3) is 4.28. The molecule has 0 saturated heterocycles. The molecule has 4 heteroatoms. The molecular formula is C11H20N2OS. The van der Waals surface area contributed by atoms with Gasteiger partial charge in [-0.1, -0.05) is 13.8 Å².